The van der Waals surface area contributed by atoms with E-state index >= 15 is 0 Å². The smallest absolute Gasteiger partial charge is 0.354 e. The van der Waals surface area contributed by atoms with Gasteiger partial charge in [-0.2, -0.15) is 10.2 Å². The van der Waals surface area contributed by atoms with Crippen molar-refractivity contribution in [1.82, 2.24) is 24.9 Å². The van der Waals surface area contributed by atoms with Crippen LogP contribution in [0.2, 0.25) is 0 Å². The number of rotatable bonds is 7. The zero-order valence-electron chi connectivity index (χ0n) is 11.1. The lowest BCUT2D eigenvalue weighted by molar-refractivity contribution is -0.121. The number of nitrogens with one attached hydrogen (secondary N) is 1. The lowest BCUT2D eigenvalue weighted by atomic mass is 10.4. The average molecular weight is 356 g/mol. The second kappa shape index (κ2) is 7.02. The first-order valence-corrected chi connectivity index (χ1v) is 7.05. The van der Waals surface area contributed by atoms with Crippen LogP contribution in [0.15, 0.2) is 29.1 Å². The van der Waals surface area contributed by atoms with Gasteiger partial charge in [0.15, 0.2) is 0 Å². The molecule has 0 aliphatic carbocycles. The molecule has 0 aliphatic rings. The van der Waals surface area contributed by atoms with Crippen molar-refractivity contribution in [1.29, 1.82) is 0 Å². The molecule has 1 amide bonds. The summed E-state index contributed by atoms with van der Waals surface area (Å²) >= 11 is 3.31. The molecule has 0 unspecified atom stereocenters. The topological polar surface area (TPSA) is 102 Å². The maximum absolute atomic E-state index is 11.7. The molecule has 2 aromatic rings. The number of aryl methyl sites for hydroxylation is 1. The number of hydrogen-bond donors (Lipinski definition) is 2. The molecular weight excluding hydrogens is 342 g/mol. The Labute approximate surface area is 128 Å². The molecule has 0 aliphatic heterocycles. The van der Waals surface area contributed by atoms with Gasteiger partial charge in [0.1, 0.15) is 12.2 Å². The van der Waals surface area contributed by atoms with Crippen LogP contribution in [0.4, 0.5) is 0 Å². The van der Waals surface area contributed by atoms with Crippen molar-refractivity contribution in [2.45, 2.75) is 19.5 Å². The Bertz CT molecular complexity index is 636. The maximum Gasteiger partial charge on any atom is 0.354 e. The summed E-state index contributed by atoms with van der Waals surface area (Å²) in [6, 6.07) is 1.35. The highest BCUT2D eigenvalue weighted by molar-refractivity contribution is 9.10. The van der Waals surface area contributed by atoms with Gasteiger partial charge < -0.3 is 10.4 Å². The molecule has 21 heavy (non-hydrogen) atoms. The quantitative estimate of drug-likeness (QED) is 0.713. The van der Waals surface area contributed by atoms with Crippen LogP contribution in [0.3, 0.4) is 0 Å². The van der Waals surface area contributed by atoms with Crippen molar-refractivity contribution in [3.05, 3.63) is 34.8 Å². The van der Waals surface area contributed by atoms with Crippen molar-refractivity contribution >= 4 is 27.8 Å². The Hall–Kier alpha value is -2.16. The van der Waals surface area contributed by atoms with Gasteiger partial charge in [-0.3, -0.25) is 9.48 Å². The third-order valence-electron chi connectivity index (χ3n) is 2.72. The zero-order valence-corrected chi connectivity index (χ0v) is 12.7. The fourth-order valence-corrected chi connectivity index (χ4v) is 2.09. The van der Waals surface area contributed by atoms with Gasteiger partial charge in [-0.1, -0.05) is 0 Å². The molecule has 2 N–H and O–H groups in total. The lowest BCUT2D eigenvalue weighted by Gasteiger charge is -2.07. The second-order valence-electron chi connectivity index (χ2n) is 4.30. The van der Waals surface area contributed by atoms with Gasteiger partial charge in [-0.05, 0) is 28.4 Å². The summed E-state index contributed by atoms with van der Waals surface area (Å²) < 4.78 is 3.83. The van der Waals surface area contributed by atoms with Crippen LogP contribution in [0.25, 0.3) is 0 Å². The summed E-state index contributed by atoms with van der Waals surface area (Å²) in [5.41, 5.74) is -0.00783. The van der Waals surface area contributed by atoms with Crippen LogP contribution in [-0.2, 0) is 17.9 Å². The minimum Gasteiger partial charge on any atom is -0.477 e. The van der Waals surface area contributed by atoms with Gasteiger partial charge in [-0.15, -0.1) is 0 Å². The summed E-state index contributed by atoms with van der Waals surface area (Å²) in [6.45, 7) is 1.07. The molecule has 0 spiro atoms. The summed E-state index contributed by atoms with van der Waals surface area (Å²) in [6.07, 6.45) is 5.63. The first kappa shape index (κ1) is 15.2. The Morgan fingerprint density at radius 1 is 1.38 bits per heavy atom. The molecule has 0 radical (unpaired) electrons. The third-order valence-corrected chi connectivity index (χ3v) is 3.13. The van der Waals surface area contributed by atoms with Gasteiger partial charge >= 0.3 is 5.97 Å². The van der Waals surface area contributed by atoms with Gasteiger partial charge in [0.05, 0.1) is 10.7 Å². The molecule has 2 heterocycles. The number of nitrogens with zero attached hydrogens (tertiary/aromatic N) is 4. The molecule has 0 bridgehead atoms. The number of carboxylic acids is 1. The van der Waals surface area contributed by atoms with E-state index in [1.165, 1.54) is 12.3 Å². The Balaban J connectivity index is 1.72. The molecule has 0 saturated heterocycles. The summed E-state index contributed by atoms with van der Waals surface area (Å²) in [5, 5.41) is 19.5. The van der Waals surface area contributed by atoms with E-state index in [1.54, 1.807) is 10.9 Å². The predicted molar refractivity (Wildman–Crippen MR) is 76.7 cm³/mol. The number of carbonyl (C=O) groups is 2. The summed E-state index contributed by atoms with van der Waals surface area (Å²) in [7, 11) is 0. The molecule has 8 nitrogen and oxygen atoms in total. The molecule has 112 valence electrons. The first-order valence-electron chi connectivity index (χ1n) is 6.26. The van der Waals surface area contributed by atoms with Crippen LogP contribution in [0, 0.1) is 0 Å². The normalized spacial score (nSPS) is 10.5. The maximum atomic E-state index is 11.7. The minimum absolute atomic E-state index is 0.00783. The van der Waals surface area contributed by atoms with Crippen molar-refractivity contribution in [2.24, 2.45) is 0 Å². The fraction of sp³-hybridized carbons (Fsp3) is 0.333. The Kier molecular flexibility index (Phi) is 5.09. The standard InChI is InChI=1S/C12H14BrN5O3/c13-9-6-16-17(7-9)5-1-3-14-11(19)8-18-10(12(20)21)2-4-15-18/h2,4,6-7H,1,3,5,8H2,(H,14,19)(H,20,21). The van der Waals surface area contributed by atoms with Crippen molar-refractivity contribution in [3.63, 3.8) is 0 Å². The molecular formula is C12H14BrN5O3. The number of amides is 1. The predicted octanol–water partition coefficient (Wildman–Crippen LogP) is 0.747. The molecule has 9 heteroatoms. The fourth-order valence-electron chi connectivity index (χ4n) is 1.76. The van der Waals surface area contributed by atoms with Gasteiger partial charge in [0.25, 0.3) is 0 Å². The number of halogens is 1. The molecule has 0 fully saturated rings. The highest BCUT2D eigenvalue weighted by atomic mass is 79.9. The first-order chi connectivity index (χ1) is 10.1. The SMILES string of the molecule is O=C(Cn1nccc1C(=O)O)NCCCn1cc(Br)cn1. The minimum atomic E-state index is -1.11. The molecule has 2 aromatic heterocycles. The van der Waals surface area contributed by atoms with E-state index in [-0.39, 0.29) is 18.1 Å². The largest absolute Gasteiger partial charge is 0.477 e. The van der Waals surface area contributed by atoms with Crippen molar-refractivity contribution in [2.75, 3.05) is 6.54 Å². The van der Waals surface area contributed by atoms with Crippen LogP contribution >= 0.6 is 15.9 Å². The van der Waals surface area contributed by atoms with Crippen LogP contribution in [0.5, 0.6) is 0 Å². The summed E-state index contributed by atoms with van der Waals surface area (Å²) in [5.74, 6) is -1.38. The summed E-state index contributed by atoms with van der Waals surface area (Å²) in [4.78, 5) is 22.6. The highest BCUT2D eigenvalue weighted by Gasteiger charge is 2.12. The monoisotopic (exact) mass is 355 g/mol. The van der Waals surface area contributed by atoms with E-state index in [9.17, 15) is 9.59 Å². The van der Waals surface area contributed by atoms with E-state index in [1.807, 2.05) is 6.20 Å². The molecule has 2 rings (SSSR count). The number of aromatic carboxylic acids is 1. The van der Waals surface area contributed by atoms with E-state index in [0.717, 1.165) is 15.6 Å². The second-order valence-corrected chi connectivity index (χ2v) is 5.22. The van der Waals surface area contributed by atoms with E-state index in [0.29, 0.717) is 13.1 Å². The van der Waals surface area contributed by atoms with Crippen LogP contribution in [0.1, 0.15) is 16.9 Å². The Morgan fingerprint density at radius 2 is 2.19 bits per heavy atom. The van der Waals surface area contributed by atoms with E-state index < -0.39 is 5.97 Å². The van der Waals surface area contributed by atoms with E-state index in [2.05, 4.69) is 31.4 Å². The number of aromatic nitrogens is 4. The molecule has 0 aromatic carbocycles. The van der Waals surface area contributed by atoms with Crippen molar-refractivity contribution < 1.29 is 14.7 Å². The number of hydrogen-bond acceptors (Lipinski definition) is 4. The lowest BCUT2D eigenvalue weighted by Crippen LogP contribution is -2.30. The third kappa shape index (κ3) is 4.42. The highest BCUT2D eigenvalue weighted by Crippen LogP contribution is 2.06. The number of carboxylic acid groups (broad SMARTS) is 1. The zero-order chi connectivity index (χ0) is 15.2. The van der Waals surface area contributed by atoms with Gasteiger partial charge in [0.2, 0.25) is 5.91 Å². The number of carbonyl (C=O) groups excluding carboxylic acids is 1. The Morgan fingerprint density at radius 3 is 2.86 bits per heavy atom. The van der Waals surface area contributed by atoms with Gasteiger partial charge in [-0.25, -0.2) is 9.48 Å². The van der Waals surface area contributed by atoms with Gasteiger partial charge in [0, 0.05) is 25.5 Å². The van der Waals surface area contributed by atoms with Crippen molar-refractivity contribution in [3.8, 4) is 0 Å². The average Bonchev–Trinajstić information content (AvgIpc) is 3.04. The van der Waals surface area contributed by atoms with E-state index in [4.69, 9.17) is 5.11 Å². The van der Waals surface area contributed by atoms with Crippen LogP contribution < -0.4 is 5.32 Å². The van der Waals surface area contributed by atoms with Crippen LogP contribution in [-0.4, -0.2) is 43.1 Å². The molecule has 0 saturated carbocycles. The molecule has 0 atom stereocenters.